The molecule has 12 heteroatoms. The van der Waals surface area contributed by atoms with Crippen LogP contribution in [-0.2, 0) is 20.2 Å². The second-order valence-electron chi connectivity index (χ2n) is 11.3. The number of H-pyrrole nitrogens is 1. The van der Waals surface area contributed by atoms with E-state index in [0.717, 1.165) is 24.7 Å². The van der Waals surface area contributed by atoms with E-state index in [9.17, 15) is 17.6 Å². The maximum absolute atomic E-state index is 15.1. The molecule has 43 heavy (non-hydrogen) atoms. The number of nitrogens with one attached hydrogen (secondary N) is 3. The average Bonchev–Trinajstić information content (AvgIpc) is 3.31. The second kappa shape index (κ2) is 12.3. The summed E-state index contributed by atoms with van der Waals surface area (Å²) in [5.41, 5.74) is 1.38. The first-order valence-corrected chi connectivity index (χ1v) is 15.4. The molecule has 3 N–H and O–H groups in total. The number of nitrogens with zero attached hydrogens (tertiary/aromatic N) is 1. The highest BCUT2D eigenvalue weighted by atomic mass is 32.2. The number of sulfonamides is 1. The van der Waals surface area contributed by atoms with Crippen LogP contribution >= 0.6 is 0 Å². The molecule has 228 valence electrons. The first-order valence-electron chi connectivity index (χ1n) is 13.9. The molecule has 0 unspecified atom stereocenters. The van der Waals surface area contributed by atoms with Crippen molar-refractivity contribution in [3.05, 3.63) is 77.9 Å². The van der Waals surface area contributed by atoms with Crippen LogP contribution in [0.3, 0.4) is 0 Å². The zero-order chi connectivity index (χ0) is 30.8. The van der Waals surface area contributed by atoms with E-state index in [1.807, 2.05) is 20.8 Å². The number of aromatic nitrogens is 1. The van der Waals surface area contributed by atoms with E-state index in [2.05, 4.69) is 19.9 Å². The number of halogens is 2. The van der Waals surface area contributed by atoms with E-state index in [0.29, 0.717) is 37.2 Å². The summed E-state index contributed by atoms with van der Waals surface area (Å²) in [5, 5.41) is 3.00. The number of anilines is 1. The maximum atomic E-state index is 15.1. The Hall–Kier alpha value is -4.00. The van der Waals surface area contributed by atoms with Gasteiger partial charge >= 0.3 is 6.09 Å². The van der Waals surface area contributed by atoms with Gasteiger partial charge in [-0.3, -0.25) is 9.62 Å². The molecular formula is C31H34F2N4O5S. The van der Waals surface area contributed by atoms with Gasteiger partial charge in [0.1, 0.15) is 0 Å². The normalized spacial score (nSPS) is 14.5. The summed E-state index contributed by atoms with van der Waals surface area (Å²) in [6.45, 7) is 9.79. The van der Waals surface area contributed by atoms with Gasteiger partial charge in [-0.2, -0.15) is 0 Å². The number of carbonyl (C=O) groups is 1. The lowest BCUT2D eigenvalue weighted by Gasteiger charge is -2.26. The van der Waals surface area contributed by atoms with Gasteiger partial charge < -0.3 is 19.8 Å². The highest BCUT2D eigenvalue weighted by molar-refractivity contribution is 7.92. The lowest BCUT2D eigenvalue weighted by Crippen LogP contribution is -2.41. The fourth-order valence-electron chi connectivity index (χ4n) is 4.89. The van der Waals surface area contributed by atoms with Gasteiger partial charge in [0, 0.05) is 48.3 Å². The van der Waals surface area contributed by atoms with Crippen LogP contribution in [-0.4, -0.2) is 63.8 Å². The second-order valence-corrected chi connectivity index (χ2v) is 13.0. The number of benzene rings is 3. The lowest BCUT2D eigenvalue weighted by molar-refractivity contribution is 0.0385. The smallest absolute Gasteiger partial charge is 0.393 e. The van der Waals surface area contributed by atoms with Gasteiger partial charge in [-0.25, -0.2) is 22.0 Å². The Morgan fingerprint density at radius 3 is 2.47 bits per heavy atom. The molecule has 0 aliphatic carbocycles. The van der Waals surface area contributed by atoms with Crippen LogP contribution in [0.5, 0.6) is 5.88 Å². The lowest BCUT2D eigenvalue weighted by atomic mass is 9.87. The number of fused-ring (bicyclic) bond motifs is 1. The van der Waals surface area contributed by atoms with E-state index < -0.39 is 27.8 Å². The molecule has 1 fully saturated rings. The summed E-state index contributed by atoms with van der Waals surface area (Å²) in [5.74, 6) is -2.32. The van der Waals surface area contributed by atoms with Gasteiger partial charge in [-0.15, -0.1) is 0 Å². The minimum Gasteiger partial charge on any atom is -0.393 e. The Balaban J connectivity index is 1.43. The predicted octanol–water partition coefficient (Wildman–Crippen LogP) is 5.63. The molecule has 4 aromatic rings. The molecule has 2 heterocycles. The minimum absolute atomic E-state index is 0.0730. The van der Waals surface area contributed by atoms with Crippen LogP contribution in [0.4, 0.5) is 19.3 Å². The molecule has 1 aliphatic rings. The number of carbonyl (C=O) groups excluding carboxylic acids is 1. The highest BCUT2D eigenvalue weighted by Crippen LogP contribution is 2.40. The van der Waals surface area contributed by atoms with Crippen molar-refractivity contribution in [1.82, 2.24) is 15.2 Å². The van der Waals surface area contributed by atoms with Crippen molar-refractivity contribution in [2.75, 3.05) is 44.1 Å². The molecule has 1 aromatic heterocycles. The Labute approximate surface area is 249 Å². The van der Waals surface area contributed by atoms with Crippen molar-refractivity contribution in [1.29, 1.82) is 0 Å². The van der Waals surface area contributed by atoms with Crippen molar-refractivity contribution in [3.63, 3.8) is 0 Å². The largest absolute Gasteiger partial charge is 0.413 e. The highest BCUT2D eigenvalue weighted by Gasteiger charge is 2.24. The van der Waals surface area contributed by atoms with E-state index in [1.165, 1.54) is 36.4 Å². The summed E-state index contributed by atoms with van der Waals surface area (Å²) in [4.78, 5) is 17.9. The predicted molar refractivity (Wildman–Crippen MR) is 161 cm³/mol. The SMILES string of the molecule is CC(C)(C)c1ccc(S(=O)(=O)Nc2ccc3[nH]c(OC(=O)NCCN4CCOCC4)c(-c4cccc(F)c4F)c3c2)cc1. The molecule has 0 bridgehead atoms. The fourth-order valence-corrected chi connectivity index (χ4v) is 5.94. The fraction of sp³-hybridized carbons (Fsp3) is 0.323. The summed E-state index contributed by atoms with van der Waals surface area (Å²) < 4.78 is 69.2. The molecule has 0 atom stereocenters. The van der Waals surface area contributed by atoms with E-state index in [-0.39, 0.29) is 33.0 Å². The third kappa shape index (κ3) is 6.98. The van der Waals surface area contributed by atoms with Gasteiger partial charge in [0.05, 0.1) is 23.7 Å². The number of hydrogen-bond acceptors (Lipinski definition) is 6. The van der Waals surface area contributed by atoms with Gasteiger partial charge in [-0.05, 0) is 47.4 Å². The molecule has 9 nitrogen and oxygen atoms in total. The van der Waals surface area contributed by atoms with Crippen LogP contribution in [0.2, 0.25) is 0 Å². The molecule has 1 aliphatic heterocycles. The molecule has 0 saturated carbocycles. The summed E-state index contributed by atoms with van der Waals surface area (Å²) in [6.07, 6.45) is -0.780. The van der Waals surface area contributed by atoms with Crippen molar-refractivity contribution < 1.29 is 31.5 Å². The quantitative estimate of drug-likeness (QED) is 0.238. The third-order valence-corrected chi connectivity index (χ3v) is 8.66. The monoisotopic (exact) mass is 612 g/mol. The number of hydrogen-bond donors (Lipinski definition) is 3. The Kier molecular flexibility index (Phi) is 8.72. The average molecular weight is 613 g/mol. The van der Waals surface area contributed by atoms with Crippen LogP contribution < -0.4 is 14.8 Å². The minimum atomic E-state index is -3.97. The first kappa shape index (κ1) is 30.5. The topological polar surface area (TPSA) is 113 Å². The van der Waals surface area contributed by atoms with Gasteiger partial charge in [0.25, 0.3) is 10.0 Å². The maximum Gasteiger partial charge on any atom is 0.413 e. The van der Waals surface area contributed by atoms with Crippen molar-refractivity contribution in [2.24, 2.45) is 0 Å². The van der Waals surface area contributed by atoms with Crippen molar-refractivity contribution in [3.8, 4) is 17.0 Å². The molecule has 5 rings (SSSR count). The standard InChI is InChI=1S/C31H34F2N4O5S/c1-31(2,3)20-7-10-22(11-8-20)43(39,40)36-21-9-12-26-24(19-21)27(23-5-4-6-25(32)28(23)33)29(35-26)42-30(38)34-13-14-37-15-17-41-18-16-37/h4-12,19,35-36H,13-18H2,1-3H3,(H,34,38). The van der Waals surface area contributed by atoms with Crippen LogP contribution in [0.25, 0.3) is 22.0 Å². The Bertz CT molecular complexity index is 1730. The Morgan fingerprint density at radius 1 is 1.05 bits per heavy atom. The van der Waals surface area contributed by atoms with E-state index in [4.69, 9.17) is 9.47 Å². The number of morpholine rings is 1. The zero-order valence-corrected chi connectivity index (χ0v) is 25.0. The van der Waals surface area contributed by atoms with E-state index in [1.54, 1.807) is 18.2 Å². The zero-order valence-electron chi connectivity index (χ0n) is 24.2. The molecule has 3 aromatic carbocycles. The third-order valence-electron chi connectivity index (χ3n) is 7.26. The number of amides is 1. The number of rotatable bonds is 8. The van der Waals surface area contributed by atoms with Gasteiger partial charge in [0.15, 0.2) is 11.6 Å². The van der Waals surface area contributed by atoms with Crippen molar-refractivity contribution >= 4 is 32.7 Å². The molecule has 1 amide bonds. The molecule has 1 saturated heterocycles. The Morgan fingerprint density at radius 2 is 1.77 bits per heavy atom. The van der Waals surface area contributed by atoms with Crippen LogP contribution in [0.1, 0.15) is 26.3 Å². The van der Waals surface area contributed by atoms with Crippen LogP contribution in [0, 0.1) is 11.6 Å². The van der Waals surface area contributed by atoms with E-state index >= 15 is 4.39 Å². The van der Waals surface area contributed by atoms with Gasteiger partial charge in [-0.1, -0.05) is 45.0 Å². The summed E-state index contributed by atoms with van der Waals surface area (Å²) in [6, 6.07) is 14.9. The van der Waals surface area contributed by atoms with Gasteiger partial charge in [0.2, 0.25) is 5.88 Å². The first-order chi connectivity index (χ1) is 20.4. The molecule has 0 radical (unpaired) electrons. The molecular weight excluding hydrogens is 578 g/mol. The number of ether oxygens (including phenoxy) is 2. The summed E-state index contributed by atoms with van der Waals surface area (Å²) >= 11 is 0. The summed E-state index contributed by atoms with van der Waals surface area (Å²) in [7, 11) is -3.97. The van der Waals surface area contributed by atoms with Crippen molar-refractivity contribution in [2.45, 2.75) is 31.1 Å². The molecule has 0 spiro atoms. The van der Waals surface area contributed by atoms with Crippen LogP contribution in [0.15, 0.2) is 65.6 Å². The number of aromatic amines is 1.